The lowest BCUT2D eigenvalue weighted by Crippen LogP contribution is -2.20. The van der Waals surface area contributed by atoms with Gasteiger partial charge in [0.25, 0.3) is 0 Å². The largest absolute Gasteiger partial charge is 0.311 e. The Kier molecular flexibility index (Phi) is 3.99. The van der Waals surface area contributed by atoms with Gasteiger partial charge in [-0.3, -0.25) is 4.98 Å². The summed E-state index contributed by atoms with van der Waals surface area (Å²) in [4.78, 5) is 9.38. The topological polar surface area (TPSA) is 37.8 Å². The zero-order valence-corrected chi connectivity index (χ0v) is 13.4. The molecule has 2 aromatic heterocycles. The Morgan fingerprint density at radius 3 is 2.71 bits per heavy atom. The number of para-hydroxylation sites is 1. The molecule has 1 atom stereocenters. The first-order valence-electron chi connectivity index (χ1n) is 7.12. The number of rotatable bonds is 4. The number of likely N-dealkylation sites (N-methyl/N-ethyl adjacent to an activating group) is 1. The van der Waals surface area contributed by atoms with E-state index in [0.29, 0.717) is 0 Å². The predicted molar refractivity (Wildman–Crippen MR) is 88.8 cm³/mol. The van der Waals surface area contributed by atoms with Crippen LogP contribution in [0.1, 0.15) is 28.0 Å². The third kappa shape index (κ3) is 2.96. The minimum atomic E-state index is 0.190. The van der Waals surface area contributed by atoms with Crippen LogP contribution < -0.4 is 5.32 Å². The second-order valence-corrected chi connectivity index (χ2v) is 6.35. The van der Waals surface area contributed by atoms with E-state index in [4.69, 9.17) is 4.98 Å². The van der Waals surface area contributed by atoms with Crippen LogP contribution >= 0.6 is 11.3 Å². The molecule has 0 aliphatic carbocycles. The average molecular weight is 297 g/mol. The molecule has 21 heavy (non-hydrogen) atoms. The van der Waals surface area contributed by atoms with Crippen LogP contribution in [-0.2, 0) is 6.42 Å². The Hall–Kier alpha value is -1.78. The highest BCUT2D eigenvalue weighted by Crippen LogP contribution is 2.23. The van der Waals surface area contributed by atoms with E-state index in [0.717, 1.165) is 28.3 Å². The summed E-state index contributed by atoms with van der Waals surface area (Å²) in [6.45, 7) is 4.19. The molecule has 0 amide bonds. The summed E-state index contributed by atoms with van der Waals surface area (Å²) >= 11 is 1.70. The normalized spacial score (nSPS) is 12.7. The number of thiazole rings is 1. The van der Waals surface area contributed by atoms with Gasteiger partial charge in [-0.25, -0.2) is 4.98 Å². The Balaban J connectivity index is 1.96. The van der Waals surface area contributed by atoms with Crippen LogP contribution in [0, 0.1) is 13.8 Å². The van der Waals surface area contributed by atoms with Crippen molar-refractivity contribution in [3.05, 3.63) is 57.7 Å². The van der Waals surface area contributed by atoms with Gasteiger partial charge in [-0.2, -0.15) is 0 Å². The van der Waals surface area contributed by atoms with Crippen molar-refractivity contribution in [2.45, 2.75) is 26.3 Å². The summed E-state index contributed by atoms with van der Waals surface area (Å²) < 4.78 is 0. The SMILES string of the molecule is CNC(Cc1csc(C)n1)c1cc(C)c2ccccc2n1. The molecule has 1 aromatic carbocycles. The Labute approximate surface area is 129 Å². The molecule has 3 aromatic rings. The van der Waals surface area contributed by atoms with Crippen LogP contribution in [0.4, 0.5) is 0 Å². The fourth-order valence-corrected chi connectivity index (χ4v) is 3.25. The minimum Gasteiger partial charge on any atom is -0.311 e. The van der Waals surface area contributed by atoms with Gasteiger partial charge < -0.3 is 5.32 Å². The van der Waals surface area contributed by atoms with Gasteiger partial charge in [-0.15, -0.1) is 11.3 Å². The van der Waals surface area contributed by atoms with E-state index >= 15 is 0 Å². The molecule has 0 saturated heterocycles. The quantitative estimate of drug-likeness (QED) is 0.795. The number of pyridine rings is 1. The van der Waals surface area contributed by atoms with E-state index < -0.39 is 0 Å². The minimum absolute atomic E-state index is 0.190. The average Bonchev–Trinajstić information content (AvgIpc) is 2.90. The molecule has 1 N–H and O–H groups in total. The molecule has 4 heteroatoms. The van der Waals surface area contributed by atoms with Crippen molar-refractivity contribution in [2.24, 2.45) is 0 Å². The van der Waals surface area contributed by atoms with Crippen LogP contribution in [0.2, 0.25) is 0 Å². The fraction of sp³-hybridized carbons (Fsp3) is 0.294. The molecule has 0 aliphatic heterocycles. The smallest absolute Gasteiger partial charge is 0.0897 e. The highest BCUT2D eigenvalue weighted by Gasteiger charge is 2.15. The summed E-state index contributed by atoms with van der Waals surface area (Å²) in [5.41, 5.74) is 4.54. The van der Waals surface area contributed by atoms with Gasteiger partial charge in [0.2, 0.25) is 0 Å². The first kappa shape index (κ1) is 14.2. The van der Waals surface area contributed by atoms with E-state index in [2.05, 4.69) is 46.9 Å². The Bertz CT molecular complexity index is 764. The molecule has 0 bridgehead atoms. The molecular formula is C17H19N3S. The van der Waals surface area contributed by atoms with Gasteiger partial charge in [0.1, 0.15) is 0 Å². The third-order valence-corrected chi connectivity index (χ3v) is 4.55. The van der Waals surface area contributed by atoms with E-state index in [1.54, 1.807) is 11.3 Å². The molecule has 0 radical (unpaired) electrons. The lowest BCUT2D eigenvalue weighted by atomic mass is 10.0. The highest BCUT2D eigenvalue weighted by atomic mass is 32.1. The van der Waals surface area contributed by atoms with E-state index in [-0.39, 0.29) is 6.04 Å². The van der Waals surface area contributed by atoms with Crippen molar-refractivity contribution < 1.29 is 0 Å². The molecule has 3 rings (SSSR count). The van der Waals surface area contributed by atoms with Crippen molar-refractivity contribution in [3.63, 3.8) is 0 Å². The maximum Gasteiger partial charge on any atom is 0.0897 e. The van der Waals surface area contributed by atoms with Crippen LogP contribution in [0.15, 0.2) is 35.7 Å². The number of fused-ring (bicyclic) bond motifs is 1. The first-order valence-corrected chi connectivity index (χ1v) is 8.00. The summed E-state index contributed by atoms with van der Waals surface area (Å²) in [7, 11) is 1.98. The number of benzene rings is 1. The molecule has 1 unspecified atom stereocenters. The van der Waals surface area contributed by atoms with Crippen molar-refractivity contribution in [1.82, 2.24) is 15.3 Å². The van der Waals surface area contributed by atoms with Gasteiger partial charge in [0.05, 0.1) is 28.0 Å². The Morgan fingerprint density at radius 1 is 1.19 bits per heavy atom. The highest BCUT2D eigenvalue weighted by molar-refractivity contribution is 7.09. The number of hydrogen-bond acceptors (Lipinski definition) is 4. The third-order valence-electron chi connectivity index (χ3n) is 3.73. The van der Waals surface area contributed by atoms with Crippen LogP contribution in [0.3, 0.4) is 0 Å². The number of hydrogen-bond donors (Lipinski definition) is 1. The molecular weight excluding hydrogens is 278 g/mol. The molecule has 0 fully saturated rings. The standard InChI is InChI=1S/C17H19N3S/c1-11-8-17(20-15-7-5-4-6-14(11)15)16(18-3)9-13-10-21-12(2)19-13/h4-8,10,16,18H,9H2,1-3H3. The summed E-state index contributed by atoms with van der Waals surface area (Å²) in [6, 6.07) is 10.7. The van der Waals surface area contributed by atoms with Gasteiger partial charge in [0, 0.05) is 17.2 Å². The molecule has 3 nitrogen and oxygen atoms in total. The van der Waals surface area contributed by atoms with Crippen molar-refractivity contribution >= 4 is 22.2 Å². The summed E-state index contributed by atoms with van der Waals surface area (Å²) in [5, 5.41) is 7.84. The zero-order valence-electron chi connectivity index (χ0n) is 12.6. The maximum absolute atomic E-state index is 4.82. The lowest BCUT2D eigenvalue weighted by Gasteiger charge is -2.16. The van der Waals surface area contributed by atoms with E-state index in [9.17, 15) is 0 Å². The van der Waals surface area contributed by atoms with Crippen LogP contribution in [0.5, 0.6) is 0 Å². The molecule has 0 spiro atoms. The number of nitrogens with zero attached hydrogens (tertiary/aromatic N) is 2. The number of aromatic nitrogens is 2. The molecule has 2 heterocycles. The second-order valence-electron chi connectivity index (χ2n) is 5.28. The monoisotopic (exact) mass is 297 g/mol. The van der Waals surface area contributed by atoms with E-state index in [1.165, 1.54) is 10.9 Å². The van der Waals surface area contributed by atoms with Crippen LogP contribution in [0.25, 0.3) is 10.9 Å². The summed E-state index contributed by atoms with van der Waals surface area (Å²) in [6.07, 6.45) is 0.867. The lowest BCUT2D eigenvalue weighted by molar-refractivity contribution is 0.571. The first-order chi connectivity index (χ1) is 10.2. The molecule has 0 aliphatic rings. The van der Waals surface area contributed by atoms with E-state index in [1.807, 2.05) is 20.0 Å². The number of nitrogens with one attached hydrogen (secondary N) is 1. The van der Waals surface area contributed by atoms with Crippen LogP contribution in [-0.4, -0.2) is 17.0 Å². The molecule has 0 saturated carbocycles. The zero-order chi connectivity index (χ0) is 14.8. The van der Waals surface area contributed by atoms with Crippen molar-refractivity contribution in [3.8, 4) is 0 Å². The van der Waals surface area contributed by atoms with Gasteiger partial charge in [-0.1, -0.05) is 18.2 Å². The Morgan fingerprint density at radius 2 is 2.00 bits per heavy atom. The van der Waals surface area contributed by atoms with Gasteiger partial charge in [0.15, 0.2) is 0 Å². The maximum atomic E-state index is 4.82. The summed E-state index contributed by atoms with van der Waals surface area (Å²) in [5.74, 6) is 0. The fourth-order valence-electron chi connectivity index (χ4n) is 2.62. The second kappa shape index (κ2) is 5.92. The van der Waals surface area contributed by atoms with Crippen molar-refractivity contribution in [2.75, 3.05) is 7.05 Å². The predicted octanol–water partition coefficient (Wildman–Crippen LogP) is 3.81. The molecule has 108 valence electrons. The van der Waals surface area contributed by atoms with Gasteiger partial charge >= 0.3 is 0 Å². The van der Waals surface area contributed by atoms with Gasteiger partial charge in [-0.05, 0) is 38.6 Å². The van der Waals surface area contributed by atoms with Crippen molar-refractivity contribution in [1.29, 1.82) is 0 Å². The number of aryl methyl sites for hydroxylation is 2.